The summed E-state index contributed by atoms with van der Waals surface area (Å²) in [5.74, 6) is 0. The van der Waals surface area contributed by atoms with E-state index < -0.39 is 0 Å². The minimum Gasteiger partial charge on any atom is -0.374 e. The van der Waals surface area contributed by atoms with Gasteiger partial charge in [0.25, 0.3) is 0 Å². The molecule has 1 heteroatoms. The summed E-state index contributed by atoms with van der Waals surface area (Å²) in [6.07, 6.45) is 4.85. The van der Waals surface area contributed by atoms with Crippen LogP contribution in [0, 0.1) is 0 Å². The molecule has 0 amide bonds. The molecule has 0 aromatic heterocycles. The molecule has 62 valence electrons. The minimum absolute atomic E-state index is 0.367. The molecule has 1 atom stereocenters. The number of allylic oxidation sites excluding steroid dienone is 2. The van der Waals surface area contributed by atoms with Crippen LogP contribution in [0.2, 0.25) is 0 Å². The maximum absolute atomic E-state index is 5.51. The SMILES string of the molecule is C=C(C)/C=C(\C)C1CCCO1. The van der Waals surface area contributed by atoms with E-state index >= 15 is 0 Å². The van der Waals surface area contributed by atoms with Crippen molar-refractivity contribution in [3.8, 4) is 0 Å². The summed E-state index contributed by atoms with van der Waals surface area (Å²) in [7, 11) is 0. The first-order chi connectivity index (χ1) is 5.20. The fraction of sp³-hybridized carbons (Fsp3) is 0.600. The van der Waals surface area contributed by atoms with Crippen LogP contribution in [0.15, 0.2) is 23.8 Å². The second-order valence-electron chi connectivity index (χ2n) is 3.24. The molecular formula is C10H16O. The number of ether oxygens (including phenoxy) is 1. The van der Waals surface area contributed by atoms with E-state index in [1.165, 1.54) is 18.4 Å². The Bertz CT molecular complexity index is 173. The van der Waals surface area contributed by atoms with Gasteiger partial charge in [-0.25, -0.2) is 0 Å². The van der Waals surface area contributed by atoms with Crippen LogP contribution in [0.5, 0.6) is 0 Å². The van der Waals surface area contributed by atoms with Crippen LogP contribution in [0.25, 0.3) is 0 Å². The van der Waals surface area contributed by atoms with Gasteiger partial charge in [0.1, 0.15) is 0 Å². The third kappa shape index (κ3) is 2.51. The molecule has 1 unspecified atom stereocenters. The van der Waals surface area contributed by atoms with Crippen molar-refractivity contribution in [2.24, 2.45) is 0 Å². The quantitative estimate of drug-likeness (QED) is 0.553. The summed E-state index contributed by atoms with van der Waals surface area (Å²) in [6, 6.07) is 0. The Kier molecular flexibility index (Phi) is 2.89. The van der Waals surface area contributed by atoms with Crippen LogP contribution in [-0.4, -0.2) is 12.7 Å². The molecule has 1 aliphatic heterocycles. The highest BCUT2D eigenvalue weighted by atomic mass is 16.5. The summed E-state index contributed by atoms with van der Waals surface area (Å²) in [6.45, 7) is 8.89. The van der Waals surface area contributed by atoms with Crippen LogP contribution in [0.1, 0.15) is 26.7 Å². The molecule has 0 bridgehead atoms. The average Bonchev–Trinajstić information content (AvgIpc) is 2.35. The highest BCUT2D eigenvalue weighted by Crippen LogP contribution is 2.19. The smallest absolute Gasteiger partial charge is 0.0786 e. The molecule has 1 heterocycles. The first kappa shape index (κ1) is 8.54. The van der Waals surface area contributed by atoms with Crippen LogP contribution in [0.3, 0.4) is 0 Å². The molecule has 11 heavy (non-hydrogen) atoms. The van der Waals surface area contributed by atoms with Crippen LogP contribution >= 0.6 is 0 Å². The molecule has 1 saturated heterocycles. The molecule has 1 nitrogen and oxygen atoms in total. The largest absolute Gasteiger partial charge is 0.374 e. The minimum atomic E-state index is 0.367. The lowest BCUT2D eigenvalue weighted by Crippen LogP contribution is -2.05. The molecule has 0 radical (unpaired) electrons. The summed E-state index contributed by atoms with van der Waals surface area (Å²) in [4.78, 5) is 0. The van der Waals surface area contributed by atoms with Crippen molar-refractivity contribution in [2.45, 2.75) is 32.8 Å². The zero-order chi connectivity index (χ0) is 8.27. The first-order valence-corrected chi connectivity index (χ1v) is 4.15. The summed E-state index contributed by atoms with van der Waals surface area (Å²) in [5.41, 5.74) is 2.42. The topological polar surface area (TPSA) is 9.23 Å². The van der Waals surface area contributed by atoms with E-state index in [0.29, 0.717) is 6.10 Å². The molecule has 0 saturated carbocycles. The number of hydrogen-bond acceptors (Lipinski definition) is 1. The van der Waals surface area contributed by atoms with Gasteiger partial charge in [0, 0.05) is 6.61 Å². The van der Waals surface area contributed by atoms with E-state index in [9.17, 15) is 0 Å². The number of hydrogen-bond donors (Lipinski definition) is 0. The van der Waals surface area contributed by atoms with Gasteiger partial charge in [0.05, 0.1) is 6.10 Å². The molecule has 0 spiro atoms. The molecule has 1 aliphatic rings. The molecule has 0 aromatic carbocycles. The first-order valence-electron chi connectivity index (χ1n) is 4.15. The fourth-order valence-corrected chi connectivity index (χ4v) is 1.42. The summed E-state index contributed by atoms with van der Waals surface area (Å²) >= 11 is 0. The van der Waals surface area contributed by atoms with Crippen molar-refractivity contribution in [3.05, 3.63) is 23.8 Å². The highest BCUT2D eigenvalue weighted by molar-refractivity contribution is 5.20. The Morgan fingerprint density at radius 2 is 2.27 bits per heavy atom. The van der Waals surface area contributed by atoms with Gasteiger partial charge >= 0.3 is 0 Å². The Hall–Kier alpha value is -0.560. The third-order valence-corrected chi connectivity index (χ3v) is 1.91. The van der Waals surface area contributed by atoms with E-state index in [2.05, 4.69) is 19.6 Å². The van der Waals surface area contributed by atoms with E-state index in [4.69, 9.17) is 4.74 Å². The van der Waals surface area contributed by atoms with Gasteiger partial charge in [0.2, 0.25) is 0 Å². The van der Waals surface area contributed by atoms with E-state index in [0.717, 1.165) is 12.2 Å². The van der Waals surface area contributed by atoms with Gasteiger partial charge in [-0.15, -0.1) is 0 Å². The lowest BCUT2D eigenvalue weighted by Gasteiger charge is -2.09. The van der Waals surface area contributed by atoms with Crippen molar-refractivity contribution in [3.63, 3.8) is 0 Å². The van der Waals surface area contributed by atoms with Crippen molar-refractivity contribution in [1.29, 1.82) is 0 Å². The third-order valence-electron chi connectivity index (χ3n) is 1.91. The lowest BCUT2D eigenvalue weighted by atomic mass is 10.1. The predicted octanol–water partition coefficient (Wildman–Crippen LogP) is 2.69. The lowest BCUT2D eigenvalue weighted by molar-refractivity contribution is 0.137. The van der Waals surface area contributed by atoms with E-state index in [1.54, 1.807) is 0 Å². The van der Waals surface area contributed by atoms with Gasteiger partial charge in [0.15, 0.2) is 0 Å². The normalized spacial score (nSPS) is 25.6. The molecule has 1 rings (SSSR count). The maximum Gasteiger partial charge on any atom is 0.0786 e. The van der Waals surface area contributed by atoms with Crippen molar-refractivity contribution in [2.75, 3.05) is 6.61 Å². The summed E-state index contributed by atoms with van der Waals surface area (Å²) < 4.78 is 5.51. The zero-order valence-corrected chi connectivity index (χ0v) is 7.39. The van der Waals surface area contributed by atoms with Crippen LogP contribution in [-0.2, 0) is 4.74 Å². The Balaban J connectivity index is 2.51. The van der Waals surface area contributed by atoms with Gasteiger partial charge in [-0.1, -0.05) is 18.2 Å². The van der Waals surface area contributed by atoms with Gasteiger partial charge in [-0.3, -0.25) is 0 Å². The zero-order valence-electron chi connectivity index (χ0n) is 7.39. The van der Waals surface area contributed by atoms with E-state index in [1.807, 2.05) is 6.92 Å². The van der Waals surface area contributed by atoms with Gasteiger partial charge in [-0.05, 0) is 32.3 Å². The monoisotopic (exact) mass is 152 g/mol. The predicted molar refractivity (Wildman–Crippen MR) is 47.5 cm³/mol. The molecular weight excluding hydrogens is 136 g/mol. The Morgan fingerprint density at radius 3 is 2.73 bits per heavy atom. The number of rotatable bonds is 2. The van der Waals surface area contributed by atoms with Crippen molar-refractivity contribution in [1.82, 2.24) is 0 Å². The van der Waals surface area contributed by atoms with Gasteiger partial charge in [-0.2, -0.15) is 0 Å². The van der Waals surface area contributed by atoms with E-state index in [-0.39, 0.29) is 0 Å². The van der Waals surface area contributed by atoms with Gasteiger partial charge < -0.3 is 4.74 Å². The molecule has 1 fully saturated rings. The van der Waals surface area contributed by atoms with Crippen molar-refractivity contribution >= 4 is 0 Å². The highest BCUT2D eigenvalue weighted by Gasteiger charge is 2.16. The Morgan fingerprint density at radius 1 is 1.55 bits per heavy atom. The fourth-order valence-electron chi connectivity index (χ4n) is 1.42. The maximum atomic E-state index is 5.51. The second kappa shape index (κ2) is 3.72. The van der Waals surface area contributed by atoms with Crippen LogP contribution in [0.4, 0.5) is 0 Å². The molecule has 0 aromatic rings. The molecule has 0 N–H and O–H groups in total. The average molecular weight is 152 g/mol. The van der Waals surface area contributed by atoms with Crippen molar-refractivity contribution < 1.29 is 4.74 Å². The Labute approximate surface area is 68.8 Å². The molecule has 0 aliphatic carbocycles. The standard InChI is InChI=1S/C10H16O/c1-8(2)7-9(3)10-5-4-6-11-10/h7,10H,1,4-6H2,2-3H3/b9-7+. The van der Waals surface area contributed by atoms with Crippen LogP contribution < -0.4 is 0 Å². The second-order valence-corrected chi connectivity index (χ2v) is 3.24. The summed E-state index contributed by atoms with van der Waals surface area (Å²) in [5, 5.41) is 0.